The van der Waals surface area contributed by atoms with Gasteiger partial charge in [0.1, 0.15) is 0 Å². The van der Waals surface area contributed by atoms with Crippen LogP contribution in [0, 0.1) is 10.8 Å². The summed E-state index contributed by atoms with van der Waals surface area (Å²) in [6, 6.07) is 5.84. The molecular weight excluding hydrogens is 350 g/mol. The van der Waals surface area contributed by atoms with Crippen molar-refractivity contribution in [2.45, 2.75) is 46.1 Å². The minimum Gasteiger partial charge on any atom is -0.335 e. The predicted octanol–water partition coefficient (Wildman–Crippen LogP) is 5.14. The Kier molecular flexibility index (Phi) is 3.65. The third-order valence-electron chi connectivity index (χ3n) is 4.84. The molecule has 21 heavy (non-hydrogen) atoms. The molecule has 2 fully saturated rings. The van der Waals surface area contributed by atoms with Crippen molar-refractivity contribution < 1.29 is 4.79 Å². The third kappa shape index (κ3) is 2.87. The minimum absolute atomic E-state index is 0.121. The van der Waals surface area contributed by atoms with Gasteiger partial charge in [-0.15, -0.1) is 0 Å². The van der Waals surface area contributed by atoms with Crippen molar-refractivity contribution in [3.8, 4) is 0 Å². The average Bonchev–Trinajstić information content (AvgIpc) is 2.61. The molecule has 1 saturated carbocycles. The molecule has 4 heteroatoms. The molecule has 2 unspecified atom stereocenters. The largest absolute Gasteiger partial charge is 0.335 e. The molecule has 1 saturated heterocycles. The van der Waals surface area contributed by atoms with Gasteiger partial charge < -0.3 is 4.90 Å². The maximum atomic E-state index is 12.9. The summed E-state index contributed by atoms with van der Waals surface area (Å²) in [4.78, 5) is 14.9. The highest BCUT2D eigenvalue weighted by Gasteiger charge is 2.50. The number of amides is 1. The predicted molar refractivity (Wildman–Crippen MR) is 89.7 cm³/mol. The number of carbonyl (C=O) groups is 1. The number of likely N-dealkylation sites (tertiary alicyclic amines) is 1. The summed E-state index contributed by atoms with van der Waals surface area (Å²) >= 11 is 9.50. The van der Waals surface area contributed by atoms with E-state index in [2.05, 4.69) is 41.6 Å². The topological polar surface area (TPSA) is 20.3 Å². The standard InChI is InChI=1S/C17H21BrClNO/c1-16(2)7-12-8-17(3,9-16)10-20(12)15(21)11-4-5-13(18)14(19)6-11/h4-6,12H,7-10H2,1-3H3. The number of benzene rings is 1. The lowest BCUT2D eigenvalue weighted by atomic mass is 9.65. The van der Waals surface area contributed by atoms with Crippen molar-refractivity contribution in [1.29, 1.82) is 0 Å². The van der Waals surface area contributed by atoms with Crippen LogP contribution in [0.4, 0.5) is 0 Å². The Morgan fingerprint density at radius 1 is 1.33 bits per heavy atom. The highest BCUT2D eigenvalue weighted by Crippen LogP contribution is 2.52. The summed E-state index contributed by atoms with van der Waals surface area (Å²) in [5, 5.41) is 0.592. The first-order valence-corrected chi connectivity index (χ1v) is 8.62. The molecule has 0 N–H and O–H groups in total. The molecule has 1 aromatic carbocycles. The summed E-state index contributed by atoms with van der Waals surface area (Å²) in [6.45, 7) is 7.83. The van der Waals surface area contributed by atoms with Crippen LogP contribution in [0.2, 0.25) is 5.02 Å². The Morgan fingerprint density at radius 3 is 2.71 bits per heavy atom. The monoisotopic (exact) mass is 369 g/mol. The molecule has 1 aliphatic carbocycles. The smallest absolute Gasteiger partial charge is 0.254 e. The van der Waals surface area contributed by atoms with Gasteiger partial charge >= 0.3 is 0 Å². The number of nitrogens with zero attached hydrogens (tertiary/aromatic N) is 1. The van der Waals surface area contributed by atoms with Crippen LogP contribution in [0.25, 0.3) is 0 Å². The van der Waals surface area contributed by atoms with Crippen molar-refractivity contribution >= 4 is 33.4 Å². The van der Waals surface area contributed by atoms with E-state index in [4.69, 9.17) is 11.6 Å². The van der Waals surface area contributed by atoms with E-state index < -0.39 is 0 Å². The van der Waals surface area contributed by atoms with E-state index in [1.54, 1.807) is 6.07 Å². The molecule has 2 nitrogen and oxygen atoms in total. The van der Waals surface area contributed by atoms with Crippen molar-refractivity contribution in [2.75, 3.05) is 6.54 Å². The minimum atomic E-state index is 0.121. The van der Waals surface area contributed by atoms with Crippen LogP contribution in [0.1, 0.15) is 50.4 Å². The highest BCUT2D eigenvalue weighted by molar-refractivity contribution is 9.10. The van der Waals surface area contributed by atoms with Crippen LogP contribution in [0.3, 0.4) is 0 Å². The molecule has 2 atom stereocenters. The molecule has 0 spiro atoms. The summed E-state index contributed by atoms with van der Waals surface area (Å²) < 4.78 is 0.828. The van der Waals surface area contributed by atoms with Gasteiger partial charge in [0, 0.05) is 22.6 Å². The van der Waals surface area contributed by atoms with Gasteiger partial charge in [-0.2, -0.15) is 0 Å². The first kappa shape index (κ1) is 15.4. The molecule has 114 valence electrons. The van der Waals surface area contributed by atoms with Crippen molar-refractivity contribution in [1.82, 2.24) is 4.90 Å². The molecule has 1 aromatic rings. The lowest BCUT2D eigenvalue weighted by Crippen LogP contribution is -2.37. The second-order valence-corrected chi connectivity index (χ2v) is 9.04. The molecule has 0 radical (unpaired) electrons. The quantitative estimate of drug-likeness (QED) is 0.670. The second-order valence-electron chi connectivity index (χ2n) is 7.78. The van der Waals surface area contributed by atoms with Crippen LogP contribution < -0.4 is 0 Å². The van der Waals surface area contributed by atoms with Gasteiger partial charge in [-0.25, -0.2) is 0 Å². The van der Waals surface area contributed by atoms with Crippen LogP contribution in [-0.2, 0) is 0 Å². The zero-order valence-corrected chi connectivity index (χ0v) is 15.1. The van der Waals surface area contributed by atoms with Crippen molar-refractivity contribution in [3.05, 3.63) is 33.3 Å². The number of carbonyl (C=O) groups excluding carboxylic acids is 1. The Bertz CT molecular complexity index is 600. The van der Waals surface area contributed by atoms with E-state index in [9.17, 15) is 4.79 Å². The van der Waals surface area contributed by atoms with Crippen LogP contribution in [0.15, 0.2) is 22.7 Å². The number of hydrogen-bond acceptors (Lipinski definition) is 1. The van der Waals surface area contributed by atoms with Crippen LogP contribution in [-0.4, -0.2) is 23.4 Å². The number of rotatable bonds is 1. The van der Waals surface area contributed by atoms with Gasteiger partial charge in [0.2, 0.25) is 0 Å². The SMILES string of the molecule is CC1(C)CC2CC(C)(CN2C(=O)c2ccc(Br)c(Cl)c2)C1. The van der Waals surface area contributed by atoms with Gasteiger partial charge in [0.05, 0.1) is 5.02 Å². The Morgan fingerprint density at radius 2 is 2.05 bits per heavy atom. The van der Waals surface area contributed by atoms with Gasteiger partial charge in [-0.3, -0.25) is 4.79 Å². The third-order valence-corrected chi connectivity index (χ3v) is 6.07. The zero-order valence-electron chi connectivity index (χ0n) is 12.7. The van der Waals surface area contributed by atoms with E-state index in [1.807, 2.05) is 12.1 Å². The molecule has 2 bridgehead atoms. The molecule has 3 rings (SSSR count). The molecular formula is C17H21BrClNO. The van der Waals surface area contributed by atoms with Crippen molar-refractivity contribution in [2.24, 2.45) is 10.8 Å². The Labute approximate surface area is 140 Å². The molecule has 2 aliphatic rings. The van der Waals surface area contributed by atoms with E-state index in [0.29, 0.717) is 22.0 Å². The van der Waals surface area contributed by atoms with E-state index >= 15 is 0 Å². The van der Waals surface area contributed by atoms with E-state index in [1.165, 1.54) is 6.42 Å². The first-order chi connectivity index (χ1) is 9.69. The zero-order chi connectivity index (χ0) is 15.4. The van der Waals surface area contributed by atoms with Gasteiger partial charge in [-0.1, -0.05) is 32.4 Å². The lowest BCUT2D eigenvalue weighted by molar-refractivity contribution is 0.0708. The van der Waals surface area contributed by atoms with Gasteiger partial charge in [0.25, 0.3) is 5.91 Å². The fourth-order valence-corrected chi connectivity index (χ4v) is 4.92. The van der Waals surface area contributed by atoms with Crippen LogP contribution >= 0.6 is 27.5 Å². The second kappa shape index (κ2) is 4.99. The average molecular weight is 371 g/mol. The van der Waals surface area contributed by atoms with E-state index in [-0.39, 0.29) is 11.3 Å². The maximum Gasteiger partial charge on any atom is 0.254 e. The molecule has 1 amide bonds. The number of fused-ring (bicyclic) bond motifs is 2. The normalized spacial score (nSPS) is 30.5. The summed E-state index contributed by atoms with van der Waals surface area (Å²) in [7, 11) is 0. The maximum absolute atomic E-state index is 12.9. The summed E-state index contributed by atoms with van der Waals surface area (Å²) in [5.74, 6) is 0.121. The fourth-order valence-electron chi connectivity index (χ4n) is 4.49. The number of hydrogen-bond donors (Lipinski definition) is 0. The number of halogens is 2. The fraction of sp³-hybridized carbons (Fsp3) is 0.588. The first-order valence-electron chi connectivity index (χ1n) is 7.45. The summed E-state index contributed by atoms with van der Waals surface area (Å²) in [5.41, 5.74) is 1.28. The Balaban J connectivity index is 1.87. The van der Waals surface area contributed by atoms with Gasteiger partial charge in [0.15, 0.2) is 0 Å². The van der Waals surface area contributed by atoms with Crippen LogP contribution in [0.5, 0.6) is 0 Å². The van der Waals surface area contributed by atoms with Gasteiger partial charge in [-0.05, 0) is 64.2 Å². The van der Waals surface area contributed by atoms with Crippen molar-refractivity contribution in [3.63, 3.8) is 0 Å². The lowest BCUT2D eigenvalue weighted by Gasteiger charge is -2.39. The molecule has 1 heterocycles. The summed E-state index contributed by atoms with van der Waals surface area (Å²) in [6.07, 6.45) is 3.42. The Hall–Kier alpha value is -0.540. The highest BCUT2D eigenvalue weighted by atomic mass is 79.9. The molecule has 0 aromatic heterocycles. The van der Waals surface area contributed by atoms with E-state index in [0.717, 1.165) is 23.9 Å². The molecule has 1 aliphatic heterocycles.